The molecule has 1 atom stereocenters. The number of carbonyl (C=O) groups excluding carboxylic acids is 1. The summed E-state index contributed by atoms with van der Waals surface area (Å²) in [5.41, 5.74) is 5.61. The fraction of sp³-hybridized carbons (Fsp3) is 0.0952. The SMILES string of the molecule is NC(=O)C(c1ccccc1)N(Cc1cccc(F)c1F)S(=O)(=O)c1ccc(Cl)cc1. The monoisotopic (exact) mass is 450 g/mol. The van der Waals surface area contributed by atoms with E-state index in [4.69, 9.17) is 17.3 Å². The molecule has 0 aliphatic heterocycles. The topological polar surface area (TPSA) is 80.5 Å². The van der Waals surface area contributed by atoms with Gasteiger partial charge in [0, 0.05) is 17.1 Å². The van der Waals surface area contributed by atoms with Gasteiger partial charge in [-0.25, -0.2) is 17.2 Å². The van der Waals surface area contributed by atoms with Crippen LogP contribution in [0.4, 0.5) is 8.78 Å². The van der Waals surface area contributed by atoms with Crippen molar-refractivity contribution in [1.29, 1.82) is 0 Å². The Kier molecular flexibility index (Phi) is 6.50. The molecule has 2 N–H and O–H groups in total. The van der Waals surface area contributed by atoms with Crippen LogP contribution in [0, 0.1) is 11.6 Å². The number of hydrogen-bond donors (Lipinski definition) is 1. The summed E-state index contributed by atoms with van der Waals surface area (Å²) in [4.78, 5) is 12.2. The summed E-state index contributed by atoms with van der Waals surface area (Å²) in [6.07, 6.45) is 0. The predicted octanol–water partition coefficient (Wildman–Crippen LogP) is 4.04. The van der Waals surface area contributed by atoms with E-state index in [9.17, 15) is 22.0 Å². The van der Waals surface area contributed by atoms with Gasteiger partial charge in [0.15, 0.2) is 11.6 Å². The first-order valence-corrected chi connectivity index (χ1v) is 10.6. The number of amides is 1. The van der Waals surface area contributed by atoms with E-state index < -0.39 is 40.2 Å². The number of halogens is 3. The molecule has 3 rings (SSSR count). The largest absolute Gasteiger partial charge is 0.368 e. The van der Waals surface area contributed by atoms with Crippen LogP contribution in [0.15, 0.2) is 77.7 Å². The Morgan fingerprint density at radius 3 is 2.20 bits per heavy atom. The maximum absolute atomic E-state index is 14.3. The smallest absolute Gasteiger partial charge is 0.244 e. The van der Waals surface area contributed by atoms with Crippen LogP contribution in [0.2, 0.25) is 5.02 Å². The van der Waals surface area contributed by atoms with Crippen molar-refractivity contribution in [3.05, 3.63) is 101 Å². The van der Waals surface area contributed by atoms with Crippen molar-refractivity contribution in [2.45, 2.75) is 17.5 Å². The highest BCUT2D eigenvalue weighted by molar-refractivity contribution is 7.89. The van der Waals surface area contributed by atoms with Crippen LogP contribution in [-0.2, 0) is 21.4 Å². The molecule has 3 aromatic carbocycles. The maximum atomic E-state index is 14.3. The third kappa shape index (κ3) is 4.51. The van der Waals surface area contributed by atoms with E-state index >= 15 is 0 Å². The van der Waals surface area contributed by atoms with Crippen LogP contribution in [0.1, 0.15) is 17.2 Å². The number of nitrogens with zero attached hydrogens (tertiary/aromatic N) is 1. The van der Waals surface area contributed by atoms with Crippen LogP contribution >= 0.6 is 11.6 Å². The van der Waals surface area contributed by atoms with Gasteiger partial charge in [-0.1, -0.05) is 54.1 Å². The van der Waals surface area contributed by atoms with Crippen LogP contribution < -0.4 is 5.73 Å². The summed E-state index contributed by atoms with van der Waals surface area (Å²) >= 11 is 5.84. The van der Waals surface area contributed by atoms with Crippen molar-refractivity contribution in [2.75, 3.05) is 0 Å². The molecule has 5 nitrogen and oxygen atoms in total. The highest BCUT2D eigenvalue weighted by Crippen LogP contribution is 2.31. The number of carbonyl (C=O) groups is 1. The molecule has 0 saturated carbocycles. The van der Waals surface area contributed by atoms with E-state index in [1.54, 1.807) is 18.2 Å². The van der Waals surface area contributed by atoms with Gasteiger partial charge < -0.3 is 5.73 Å². The van der Waals surface area contributed by atoms with E-state index in [-0.39, 0.29) is 10.5 Å². The first-order valence-electron chi connectivity index (χ1n) is 8.76. The number of primary amides is 1. The summed E-state index contributed by atoms with van der Waals surface area (Å²) < 4.78 is 55.7. The standard InChI is InChI=1S/C21H17ClF2N2O3S/c22-16-9-11-17(12-10-16)30(28,29)26(13-15-7-4-8-18(23)19(15)24)20(21(25)27)14-5-2-1-3-6-14/h1-12,20H,13H2,(H2,25,27). The number of hydrogen-bond acceptors (Lipinski definition) is 3. The van der Waals surface area contributed by atoms with Crippen molar-refractivity contribution in [2.24, 2.45) is 5.73 Å². The van der Waals surface area contributed by atoms with Crippen molar-refractivity contribution in [3.8, 4) is 0 Å². The molecule has 9 heteroatoms. The van der Waals surface area contributed by atoms with Gasteiger partial charge in [0.2, 0.25) is 15.9 Å². The molecule has 0 fully saturated rings. The summed E-state index contributed by atoms with van der Waals surface area (Å²) in [5.74, 6) is -3.30. The molecule has 30 heavy (non-hydrogen) atoms. The molecule has 0 bridgehead atoms. The zero-order valence-corrected chi connectivity index (χ0v) is 17.1. The second-order valence-electron chi connectivity index (χ2n) is 6.43. The summed E-state index contributed by atoms with van der Waals surface area (Å²) in [6.45, 7) is -0.614. The molecule has 0 saturated heterocycles. The van der Waals surface area contributed by atoms with Crippen LogP contribution in [0.25, 0.3) is 0 Å². The zero-order valence-electron chi connectivity index (χ0n) is 15.5. The lowest BCUT2D eigenvalue weighted by Crippen LogP contribution is -2.41. The second-order valence-corrected chi connectivity index (χ2v) is 8.76. The molecule has 0 aliphatic carbocycles. The Labute approximate surface area is 177 Å². The lowest BCUT2D eigenvalue weighted by Gasteiger charge is -2.29. The third-order valence-electron chi connectivity index (χ3n) is 4.45. The van der Waals surface area contributed by atoms with Crippen LogP contribution in [0.5, 0.6) is 0 Å². The molecule has 0 heterocycles. The van der Waals surface area contributed by atoms with E-state index in [1.807, 2.05) is 0 Å². The second kappa shape index (κ2) is 8.91. The van der Waals surface area contributed by atoms with Crippen LogP contribution in [0.3, 0.4) is 0 Å². The third-order valence-corrected chi connectivity index (χ3v) is 6.53. The number of sulfonamides is 1. The van der Waals surface area contributed by atoms with Crippen molar-refractivity contribution < 1.29 is 22.0 Å². The van der Waals surface area contributed by atoms with E-state index in [0.717, 1.165) is 10.4 Å². The predicted molar refractivity (Wildman–Crippen MR) is 109 cm³/mol. The summed E-state index contributed by atoms with van der Waals surface area (Å²) in [5, 5.41) is 0.311. The molecule has 0 radical (unpaired) electrons. The molecule has 0 spiro atoms. The fourth-order valence-electron chi connectivity index (χ4n) is 3.00. The first-order chi connectivity index (χ1) is 14.2. The van der Waals surface area contributed by atoms with Gasteiger partial charge in [0.05, 0.1) is 4.90 Å². The summed E-state index contributed by atoms with van der Waals surface area (Å²) in [7, 11) is -4.35. The van der Waals surface area contributed by atoms with Gasteiger partial charge in [-0.05, 0) is 35.9 Å². The number of benzene rings is 3. The van der Waals surface area contributed by atoms with Gasteiger partial charge in [0.25, 0.3) is 0 Å². The fourth-order valence-corrected chi connectivity index (χ4v) is 4.69. The van der Waals surface area contributed by atoms with Gasteiger partial charge >= 0.3 is 0 Å². The normalized spacial score (nSPS) is 12.7. The number of nitrogens with two attached hydrogens (primary N) is 1. The highest BCUT2D eigenvalue weighted by Gasteiger charge is 2.36. The quantitative estimate of drug-likeness (QED) is 0.590. The maximum Gasteiger partial charge on any atom is 0.244 e. The highest BCUT2D eigenvalue weighted by atomic mass is 35.5. The molecule has 0 aromatic heterocycles. The Morgan fingerprint density at radius 2 is 1.60 bits per heavy atom. The van der Waals surface area contributed by atoms with Gasteiger partial charge in [-0.15, -0.1) is 0 Å². The van der Waals surface area contributed by atoms with Gasteiger partial charge in [0.1, 0.15) is 6.04 Å². The van der Waals surface area contributed by atoms with Crippen molar-refractivity contribution >= 4 is 27.5 Å². The Bertz CT molecular complexity index is 1160. The molecule has 0 aliphatic rings. The van der Waals surface area contributed by atoms with Gasteiger partial charge in [-0.2, -0.15) is 4.31 Å². The zero-order chi connectivity index (χ0) is 21.9. The average Bonchev–Trinajstić information content (AvgIpc) is 2.71. The molecule has 1 unspecified atom stereocenters. The van der Waals surface area contributed by atoms with Crippen LogP contribution in [-0.4, -0.2) is 18.6 Å². The Morgan fingerprint density at radius 1 is 0.967 bits per heavy atom. The molecular formula is C21H17ClF2N2O3S. The van der Waals surface area contributed by atoms with E-state index in [0.29, 0.717) is 10.6 Å². The minimum Gasteiger partial charge on any atom is -0.368 e. The van der Waals surface area contributed by atoms with Crippen molar-refractivity contribution in [1.82, 2.24) is 4.31 Å². The lowest BCUT2D eigenvalue weighted by atomic mass is 10.1. The van der Waals surface area contributed by atoms with E-state index in [2.05, 4.69) is 0 Å². The Balaban J connectivity index is 2.18. The molecule has 1 amide bonds. The molecule has 156 valence electrons. The summed E-state index contributed by atoms with van der Waals surface area (Å²) in [6, 6.07) is 15.2. The first kappa shape index (κ1) is 21.9. The lowest BCUT2D eigenvalue weighted by molar-refractivity contribution is -0.122. The Hall–Kier alpha value is -2.81. The minimum absolute atomic E-state index is 0.175. The van der Waals surface area contributed by atoms with E-state index in [1.165, 1.54) is 48.5 Å². The minimum atomic E-state index is -4.35. The van der Waals surface area contributed by atoms with Crippen molar-refractivity contribution in [3.63, 3.8) is 0 Å². The molecule has 3 aromatic rings. The molecular weight excluding hydrogens is 434 g/mol. The number of rotatable bonds is 7. The average molecular weight is 451 g/mol. The van der Waals surface area contributed by atoms with Gasteiger partial charge in [-0.3, -0.25) is 4.79 Å².